The van der Waals surface area contributed by atoms with Gasteiger partial charge in [-0.25, -0.2) is 9.97 Å². The van der Waals surface area contributed by atoms with Gasteiger partial charge in [0.2, 0.25) is 5.88 Å². The van der Waals surface area contributed by atoms with Crippen LogP contribution in [-0.4, -0.2) is 28.9 Å². The Morgan fingerprint density at radius 2 is 1.71 bits per heavy atom. The number of halogens is 2. The van der Waals surface area contributed by atoms with Crippen molar-refractivity contribution in [2.75, 3.05) is 12.4 Å². The SMILES string of the molecule is COc1ncc(-c2nc(NC(C)(C)C3(c4ccc5c(c4)OC(F)(F)O5)CC3)cc(C)c2C)cc1C. The molecule has 2 aliphatic rings. The Bertz CT molecular complexity index is 1320. The zero-order valence-electron chi connectivity index (χ0n) is 20.8. The third-order valence-corrected chi connectivity index (χ3v) is 7.37. The largest absolute Gasteiger partial charge is 0.586 e. The summed E-state index contributed by atoms with van der Waals surface area (Å²) in [5, 5.41) is 3.64. The number of fused-ring (bicyclic) bond motifs is 1. The second kappa shape index (κ2) is 7.80. The maximum Gasteiger partial charge on any atom is 0.586 e. The molecule has 0 radical (unpaired) electrons. The van der Waals surface area contributed by atoms with Crippen molar-refractivity contribution in [1.82, 2.24) is 9.97 Å². The van der Waals surface area contributed by atoms with Gasteiger partial charge in [0.15, 0.2) is 11.5 Å². The van der Waals surface area contributed by atoms with Gasteiger partial charge in [-0.2, -0.15) is 0 Å². The monoisotopic (exact) mass is 481 g/mol. The van der Waals surface area contributed by atoms with Crippen LogP contribution in [0.2, 0.25) is 0 Å². The Labute approximate surface area is 203 Å². The Hall–Kier alpha value is -3.42. The molecule has 0 amide bonds. The molecule has 6 nitrogen and oxygen atoms in total. The predicted octanol–water partition coefficient (Wildman–Crippen LogP) is 6.32. The van der Waals surface area contributed by atoms with Crippen LogP contribution in [0.1, 0.15) is 48.9 Å². The number of methoxy groups -OCH3 is 1. The second-order valence-corrected chi connectivity index (χ2v) is 10.0. The molecule has 3 heterocycles. The van der Waals surface area contributed by atoms with Crippen molar-refractivity contribution in [2.24, 2.45) is 0 Å². The normalized spacial score (nSPS) is 17.3. The van der Waals surface area contributed by atoms with Crippen LogP contribution in [0.5, 0.6) is 17.4 Å². The highest BCUT2D eigenvalue weighted by molar-refractivity contribution is 5.68. The molecule has 5 rings (SSSR count). The fourth-order valence-electron chi connectivity index (χ4n) is 5.07. The summed E-state index contributed by atoms with van der Waals surface area (Å²) in [6.07, 6.45) is -0.00911. The summed E-state index contributed by atoms with van der Waals surface area (Å²) < 4.78 is 41.7. The molecule has 1 aliphatic carbocycles. The van der Waals surface area contributed by atoms with Crippen LogP contribution in [-0.2, 0) is 5.41 Å². The first-order valence-electron chi connectivity index (χ1n) is 11.6. The fourth-order valence-corrected chi connectivity index (χ4v) is 5.07. The summed E-state index contributed by atoms with van der Waals surface area (Å²) in [5.41, 5.74) is 5.18. The molecule has 0 spiro atoms. The first-order valence-corrected chi connectivity index (χ1v) is 11.6. The van der Waals surface area contributed by atoms with Crippen molar-refractivity contribution >= 4 is 5.82 Å². The average molecular weight is 482 g/mol. The van der Waals surface area contributed by atoms with E-state index in [1.54, 1.807) is 25.4 Å². The maximum atomic E-state index is 13.5. The number of hydrogen-bond acceptors (Lipinski definition) is 6. The number of alkyl halides is 2. The molecule has 0 saturated heterocycles. The Balaban J connectivity index is 1.47. The lowest BCUT2D eigenvalue weighted by molar-refractivity contribution is -0.286. The van der Waals surface area contributed by atoms with Gasteiger partial charge in [0, 0.05) is 28.3 Å². The van der Waals surface area contributed by atoms with Crippen molar-refractivity contribution in [3.8, 4) is 28.6 Å². The number of rotatable bonds is 6. The molecule has 184 valence electrons. The topological polar surface area (TPSA) is 65.5 Å². The molecule has 2 aromatic heterocycles. The van der Waals surface area contributed by atoms with Gasteiger partial charge in [-0.05, 0) is 88.4 Å². The summed E-state index contributed by atoms with van der Waals surface area (Å²) in [6.45, 7) is 10.3. The number of aryl methyl sites for hydroxylation is 2. The molecule has 1 fully saturated rings. The summed E-state index contributed by atoms with van der Waals surface area (Å²) >= 11 is 0. The third kappa shape index (κ3) is 3.94. The number of ether oxygens (including phenoxy) is 3. The van der Waals surface area contributed by atoms with E-state index in [1.807, 2.05) is 25.1 Å². The number of pyridine rings is 2. The minimum Gasteiger partial charge on any atom is -0.481 e. The Morgan fingerprint density at radius 3 is 2.37 bits per heavy atom. The van der Waals surface area contributed by atoms with E-state index in [-0.39, 0.29) is 16.9 Å². The molecular weight excluding hydrogens is 452 g/mol. The molecule has 3 aromatic rings. The first kappa shape index (κ1) is 23.3. The van der Waals surface area contributed by atoms with Gasteiger partial charge in [-0.3, -0.25) is 0 Å². The fraction of sp³-hybridized carbons (Fsp3) is 0.407. The Kier molecular flexibility index (Phi) is 5.20. The highest BCUT2D eigenvalue weighted by Gasteiger charge is 2.56. The molecule has 8 heteroatoms. The van der Waals surface area contributed by atoms with Gasteiger partial charge in [0.1, 0.15) is 5.82 Å². The lowest BCUT2D eigenvalue weighted by atomic mass is 9.78. The lowest BCUT2D eigenvalue weighted by Gasteiger charge is -2.37. The van der Waals surface area contributed by atoms with Crippen molar-refractivity contribution < 1.29 is 23.0 Å². The van der Waals surface area contributed by atoms with Crippen LogP contribution >= 0.6 is 0 Å². The summed E-state index contributed by atoms with van der Waals surface area (Å²) in [6, 6.07) is 9.16. The van der Waals surface area contributed by atoms with Crippen LogP contribution in [0.15, 0.2) is 36.5 Å². The molecule has 35 heavy (non-hydrogen) atoms. The van der Waals surface area contributed by atoms with E-state index >= 15 is 0 Å². The maximum absolute atomic E-state index is 13.5. The van der Waals surface area contributed by atoms with E-state index in [1.165, 1.54) is 0 Å². The van der Waals surface area contributed by atoms with Crippen LogP contribution in [0.3, 0.4) is 0 Å². The van der Waals surface area contributed by atoms with Crippen molar-refractivity contribution in [2.45, 2.75) is 64.7 Å². The number of benzene rings is 1. The highest BCUT2D eigenvalue weighted by Crippen LogP contribution is 2.58. The quantitative estimate of drug-likeness (QED) is 0.444. The zero-order chi connectivity index (χ0) is 25.2. The van der Waals surface area contributed by atoms with Crippen LogP contribution in [0.25, 0.3) is 11.3 Å². The highest BCUT2D eigenvalue weighted by atomic mass is 19.3. The zero-order valence-corrected chi connectivity index (χ0v) is 20.8. The number of hydrogen-bond donors (Lipinski definition) is 1. The minimum atomic E-state index is -3.63. The molecule has 0 atom stereocenters. The first-order chi connectivity index (χ1) is 16.4. The molecule has 0 bridgehead atoms. The standard InChI is InChI=1S/C27H29F2N3O3/c1-15-12-22(31-23(17(15)3)18-11-16(2)24(33-6)30-14-18)32-25(4,5)26(9-10-26)19-7-8-20-21(13-19)35-27(28,29)34-20/h7-8,11-14H,9-10H2,1-6H3,(H,31,32). The van der Waals surface area contributed by atoms with E-state index in [2.05, 4.69) is 42.7 Å². The van der Waals surface area contributed by atoms with Crippen molar-refractivity contribution in [3.63, 3.8) is 0 Å². The number of nitrogens with one attached hydrogen (secondary N) is 1. The van der Waals surface area contributed by atoms with E-state index in [0.29, 0.717) is 5.88 Å². The van der Waals surface area contributed by atoms with Gasteiger partial charge < -0.3 is 19.5 Å². The Morgan fingerprint density at radius 1 is 1.00 bits per heavy atom. The molecule has 1 aromatic carbocycles. The van der Waals surface area contributed by atoms with Crippen molar-refractivity contribution in [3.05, 3.63) is 58.8 Å². The minimum absolute atomic E-state index is 0.0594. The molecule has 1 saturated carbocycles. The van der Waals surface area contributed by atoms with Gasteiger partial charge >= 0.3 is 6.29 Å². The van der Waals surface area contributed by atoms with Crippen molar-refractivity contribution in [1.29, 1.82) is 0 Å². The van der Waals surface area contributed by atoms with E-state index < -0.39 is 11.8 Å². The van der Waals surface area contributed by atoms with E-state index in [4.69, 9.17) is 14.5 Å². The average Bonchev–Trinajstić information content (AvgIpc) is 3.54. The molecule has 0 unspecified atom stereocenters. The van der Waals surface area contributed by atoms with Gasteiger partial charge in [-0.1, -0.05) is 6.07 Å². The summed E-state index contributed by atoms with van der Waals surface area (Å²) in [5.74, 6) is 1.48. The summed E-state index contributed by atoms with van der Waals surface area (Å²) in [7, 11) is 1.61. The van der Waals surface area contributed by atoms with Gasteiger partial charge in [0.05, 0.1) is 12.8 Å². The predicted molar refractivity (Wildman–Crippen MR) is 129 cm³/mol. The number of aromatic nitrogens is 2. The van der Waals surface area contributed by atoms with Crippen LogP contribution < -0.4 is 19.5 Å². The van der Waals surface area contributed by atoms with E-state index in [0.717, 1.165) is 52.2 Å². The van der Waals surface area contributed by atoms with Crippen LogP contribution in [0, 0.1) is 20.8 Å². The molecular formula is C27H29F2N3O3. The van der Waals surface area contributed by atoms with Gasteiger partial charge in [0.25, 0.3) is 0 Å². The lowest BCUT2D eigenvalue weighted by Crippen LogP contribution is -2.44. The second-order valence-electron chi connectivity index (χ2n) is 10.0. The van der Waals surface area contributed by atoms with Gasteiger partial charge in [-0.15, -0.1) is 8.78 Å². The molecule has 1 N–H and O–H groups in total. The third-order valence-electron chi connectivity index (χ3n) is 7.37. The van der Waals surface area contributed by atoms with Crippen LogP contribution in [0.4, 0.5) is 14.6 Å². The summed E-state index contributed by atoms with van der Waals surface area (Å²) in [4.78, 5) is 9.38. The van der Waals surface area contributed by atoms with E-state index in [9.17, 15) is 8.78 Å². The number of nitrogens with zero attached hydrogens (tertiary/aromatic N) is 2. The smallest absolute Gasteiger partial charge is 0.481 e. The molecule has 1 aliphatic heterocycles. The number of anilines is 1.